The number of aliphatic hydroxyl groups excluding tert-OH is 1. The van der Waals surface area contributed by atoms with Crippen LogP contribution in [0.4, 0.5) is 0 Å². The third-order valence-corrected chi connectivity index (χ3v) is 4.27. The molecule has 18 heavy (non-hydrogen) atoms. The zero-order valence-electron chi connectivity index (χ0n) is 11.7. The molecular weight excluding hydrogens is 226 g/mol. The molecule has 0 bridgehead atoms. The first-order chi connectivity index (χ1) is 8.58. The molecule has 1 N–H and O–H groups in total. The van der Waals surface area contributed by atoms with E-state index < -0.39 is 6.10 Å². The maximum absolute atomic E-state index is 10.5. The van der Waals surface area contributed by atoms with Gasteiger partial charge in [-0.2, -0.15) is 0 Å². The monoisotopic (exact) mass is 249 g/mol. The highest BCUT2D eigenvalue weighted by molar-refractivity contribution is 5.41. The molecule has 0 fully saturated rings. The molecule has 1 aliphatic carbocycles. The van der Waals surface area contributed by atoms with Crippen LogP contribution in [0.1, 0.15) is 37.5 Å². The first-order valence-electron chi connectivity index (χ1n) is 6.65. The molecule has 3 nitrogen and oxygen atoms in total. The number of benzene rings is 1. The normalized spacial score (nSPS) is 24.1. The predicted octanol–water partition coefficient (Wildman–Crippen LogP) is 2.38. The molecule has 0 heterocycles. The van der Waals surface area contributed by atoms with Gasteiger partial charge in [0.25, 0.3) is 0 Å². The van der Waals surface area contributed by atoms with Gasteiger partial charge >= 0.3 is 0 Å². The predicted molar refractivity (Wildman–Crippen MR) is 73.0 cm³/mol. The summed E-state index contributed by atoms with van der Waals surface area (Å²) in [5.74, 6) is 0.819. The molecule has 0 aliphatic heterocycles. The van der Waals surface area contributed by atoms with Gasteiger partial charge in [0.2, 0.25) is 0 Å². The number of fused-ring (bicyclic) bond motifs is 1. The van der Waals surface area contributed by atoms with E-state index in [1.807, 2.05) is 12.1 Å². The highest BCUT2D eigenvalue weighted by atomic mass is 16.5. The number of nitrogens with zero attached hydrogens (tertiary/aromatic N) is 1. The van der Waals surface area contributed by atoms with Gasteiger partial charge in [-0.3, -0.25) is 4.90 Å². The van der Waals surface area contributed by atoms with Crippen molar-refractivity contribution in [3.63, 3.8) is 0 Å². The van der Waals surface area contributed by atoms with Crippen LogP contribution in [0.3, 0.4) is 0 Å². The highest BCUT2D eigenvalue weighted by Crippen LogP contribution is 2.36. The smallest absolute Gasteiger partial charge is 0.119 e. The van der Waals surface area contributed by atoms with Crippen molar-refractivity contribution >= 4 is 0 Å². The highest BCUT2D eigenvalue weighted by Gasteiger charge is 2.35. The van der Waals surface area contributed by atoms with Gasteiger partial charge in [-0.25, -0.2) is 0 Å². The molecule has 1 aromatic carbocycles. The summed E-state index contributed by atoms with van der Waals surface area (Å²) in [6.07, 6.45) is 1.61. The Kier molecular flexibility index (Phi) is 3.93. The molecule has 0 spiro atoms. The van der Waals surface area contributed by atoms with Crippen molar-refractivity contribution in [2.75, 3.05) is 14.2 Å². The van der Waals surface area contributed by atoms with Crippen molar-refractivity contribution in [2.24, 2.45) is 0 Å². The Bertz CT molecular complexity index is 419. The minimum absolute atomic E-state index is 0.182. The maximum Gasteiger partial charge on any atom is 0.119 e. The minimum atomic E-state index is -0.408. The van der Waals surface area contributed by atoms with E-state index in [1.54, 1.807) is 7.11 Å². The zero-order valence-corrected chi connectivity index (χ0v) is 11.7. The lowest BCUT2D eigenvalue weighted by Gasteiger charge is -2.32. The molecule has 3 heteroatoms. The van der Waals surface area contributed by atoms with Crippen LogP contribution in [0.15, 0.2) is 18.2 Å². The molecule has 0 radical (unpaired) electrons. The minimum Gasteiger partial charge on any atom is -0.497 e. The van der Waals surface area contributed by atoms with Gasteiger partial charge in [0.1, 0.15) is 5.75 Å². The fraction of sp³-hybridized carbons (Fsp3) is 0.600. The van der Waals surface area contributed by atoms with Gasteiger partial charge in [-0.15, -0.1) is 0 Å². The lowest BCUT2D eigenvalue weighted by Crippen LogP contribution is -2.40. The molecule has 0 saturated carbocycles. The third kappa shape index (κ3) is 2.25. The molecule has 100 valence electrons. The van der Waals surface area contributed by atoms with E-state index in [0.717, 1.165) is 24.2 Å². The number of hydrogen-bond donors (Lipinski definition) is 1. The molecule has 3 unspecified atom stereocenters. The van der Waals surface area contributed by atoms with E-state index in [9.17, 15) is 5.11 Å². The number of methoxy groups -OCH3 is 1. The molecule has 2 rings (SSSR count). The van der Waals surface area contributed by atoms with E-state index in [0.29, 0.717) is 6.04 Å². The zero-order chi connectivity index (χ0) is 13.3. The van der Waals surface area contributed by atoms with Crippen LogP contribution >= 0.6 is 0 Å². The van der Waals surface area contributed by atoms with Gasteiger partial charge in [0.05, 0.1) is 13.2 Å². The maximum atomic E-state index is 10.5. The van der Waals surface area contributed by atoms with Crippen molar-refractivity contribution in [3.8, 4) is 5.75 Å². The number of hydrogen-bond acceptors (Lipinski definition) is 3. The van der Waals surface area contributed by atoms with E-state index in [-0.39, 0.29) is 6.04 Å². The Labute approximate surface area is 109 Å². The summed E-state index contributed by atoms with van der Waals surface area (Å²) in [7, 11) is 3.76. The number of rotatable bonds is 4. The Morgan fingerprint density at radius 1 is 1.50 bits per heavy atom. The Morgan fingerprint density at radius 3 is 2.83 bits per heavy atom. The van der Waals surface area contributed by atoms with Crippen LogP contribution in [0.5, 0.6) is 5.75 Å². The van der Waals surface area contributed by atoms with E-state index in [2.05, 4.69) is 31.9 Å². The first-order valence-corrected chi connectivity index (χ1v) is 6.65. The van der Waals surface area contributed by atoms with Gasteiger partial charge in [-0.1, -0.05) is 13.0 Å². The molecule has 1 aliphatic rings. The fourth-order valence-electron chi connectivity index (χ4n) is 2.69. The molecule has 3 atom stereocenters. The van der Waals surface area contributed by atoms with Gasteiger partial charge < -0.3 is 9.84 Å². The lowest BCUT2D eigenvalue weighted by atomic mass is 10.1. The van der Waals surface area contributed by atoms with Crippen molar-refractivity contribution in [2.45, 2.75) is 44.9 Å². The van der Waals surface area contributed by atoms with Crippen LogP contribution in [0, 0.1) is 0 Å². The van der Waals surface area contributed by atoms with Gasteiger partial charge in [-0.05, 0) is 50.1 Å². The summed E-state index contributed by atoms with van der Waals surface area (Å²) in [5, 5.41) is 10.5. The second-order valence-electron chi connectivity index (χ2n) is 5.20. The number of likely N-dealkylation sites (N-methyl/N-ethyl adjacent to an activating group) is 1. The Morgan fingerprint density at radius 2 is 2.22 bits per heavy atom. The van der Waals surface area contributed by atoms with E-state index >= 15 is 0 Å². The van der Waals surface area contributed by atoms with Crippen molar-refractivity contribution < 1.29 is 9.84 Å². The summed E-state index contributed by atoms with van der Waals surface area (Å²) in [6, 6.07) is 6.67. The molecule has 0 aromatic heterocycles. The van der Waals surface area contributed by atoms with E-state index in [1.165, 1.54) is 5.56 Å². The molecule has 0 amide bonds. The number of ether oxygens (including phenoxy) is 1. The summed E-state index contributed by atoms with van der Waals surface area (Å²) in [5.41, 5.74) is 2.26. The van der Waals surface area contributed by atoms with E-state index in [4.69, 9.17) is 4.74 Å². The second-order valence-corrected chi connectivity index (χ2v) is 5.20. The van der Waals surface area contributed by atoms with Crippen molar-refractivity contribution in [1.29, 1.82) is 0 Å². The summed E-state index contributed by atoms with van der Waals surface area (Å²) in [4.78, 5) is 2.29. The third-order valence-electron chi connectivity index (χ3n) is 4.27. The Hall–Kier alpha value is -1.06. The first kappa shape index (κ1) is 13.4. The molecular formula is C15H23NO2. The average Bonchev–Trinajstić information content (AvgIpc) is 2.73. The van der Waals surface area contributed by atoms with Gasteiger partial charge in [0, 0.05) is 12.1 Å². The van der Waals surface area contributed by atoms with Crippen LogP contribution in [0.2, 0.25) is 0 Å². The average molecular weight is 249 g/mol. The molecule has 0 saturated heterocycles. The standard InChI is InChI=1S/C15H23NO2/c1-5-10(2)16(3)14-8-11-6-7-12(18-4)9-13(11)15(14)17/h6-7,9-10,14-15,17H,5,8H2,1-4H3. The Balaban J connectivity index is 2.22. The second kappa shape index (κ2) is 5.29. The lowest BCUT2D eigenvalue weighted by molar-refractivity contribution is 0.0547. The van der Waals surface area contributed by atoms with Crippen molar-refractivity contribution in [3.05, 3.63) is 29.3 Å². The SMILES string of the molecule is CCC(C)N(C)C1Cc2ccc(OC)cc2C1O. The van der Waals surface area contributed by atoms with Crippen LogP contribution < -0.4 is 4.74 Å². The number of aliphatic hydroxyl groups is 1. The molecule has 1 aromatic rings. The topological polar surface area (TPSA) is 32.7 Å². The largest absolute Gasteiger partial charge is 0.497 e. The quantitative estimate of drug-likeness (QED) is 0.889. The fourth-order valence-corrected chi connectivity index (χ4v) is 2.69. The summed E-state index contributed by atoms with van der Waals surface area (Å²) < 4.78 is 5.23. The van der Waals surface area contributed by atoms with Crippen LogP contribution in [0.25, 0.3) is 0 Å². The summed E-state index contributed by atoms with van der Waals surface area (Å²) in [6.45, 7) is 4.38. The van der Waals surface area contributed by atoms with Crippen LogP contribution in [-0.4, -0.2) is 36.2 Å². The summed E-state index contributed by atoms with van der Waals surface area (Å²) >= 11 is 0. The van der Waals surface area contributed by atoms with Crippen molar-refractivity contribution in [1.82, 2.24) is 4.90 Å². The van der Waals surface area contributed by atoms with Gasteiger partial charge in [0.15, 0.2) is 0 Å². The van der Waals surface area contributed by atoms with Crippen LogP contribution in [-0.2, 0) is 6.42 Å².